The van der Waals surface area contributed by atoms with E-state index in [2.05, 4.69) is 21.7 Å². The maximum absolute atomic E-state index is 13.4. The minimum absolute atomic E-state index is 0.0742. The normalized spacial score (nSPS) is 19.7. The first-order chi connectivity index (χ1) is 17.9. The lowest BCUT2D eigenvalue weighted by molar-refractivity contribution is -0.144. The van der Waals surface area contributed by atoms with Crippen molar-refractivity contribution in [2.24, 2.45) is 5.92 Å². The second-order valence-corrected chi connectivity index (χ2v) is 10.7. The summed E-state index contributed by atoms with van der Waals surface area (Å²) >= 11 is 7.51. The van der Waals surface area contributed by atoms with Gasteiger partial charge in [0, 0.05) is 25.2 Å². The lowest BCUT2D eigenvalue weighted by Crippen LogP contribution is -2.48. The van der Waals surface area contributed by atoms with Crippen molar-refractivity contribution in [2.45, 2.75) is 45.1 Å². The molecule has 5 rings (SSSR count). The Hall–Kier alpha value is -3.24. The Morgan fingerprint density at radius 1 is 1.19 bits per heavy atom. The van der Waals surface area contributed by atoms with Crippen molar-refractivity contribution in [2.75, 3.05) is 19.6 Å². The summed E-state index contributed by atoms with van der Waals surface area (Å²) in [6.07, 6.45) is 6.24. The second-order valence-electron chi connectivity index (χ2n) is 9.35. The summed E-state index contributed by atoms with van der Waals surface area (Å²) in [5, 5.41) is 9.47. The van der Waals surface area contributed by atoms with Crippen molar-refractivity contribution in [3.63, 3.8) is 0 Å². The molecule has 3 heterocycles. The summed E-state index contributed by atoms with van der Waals surface area (Å²) in [6, 6.07) is 5.88. The van der Waals surface area contributed by atoms with Crippen molar-refractivity contribution in [3.8, 4) is 0 Å². The Kier molecular flexibility index (Phi) is 7.30. The van der Waals surface area contributed by atoms with E-state index in [1.165, 1.54) is 21.4 Å². The van der Waals surface area contributed by atoms with Gasteiger partial charge in [-0.15, -0.1) is 11.3 Å². The zero-order valence-corrected chi connectivity index (χ0v) is 22.0. The number of carbonyl (C=O) groups is 4. The standard InChI is InChI=1S/C26H28ClN5O4S/c1-2-15(14-28-23(34)20-21(27)30-24(37-20)16-8-3-4-9-16)22(33)29-19-17-10-5-6-11-18(17)25(35)31-12-7-13-32(31)26(19)36/h5-6,8,10-11,15,19H,2-4,7,9,12-14H2,1H3,(H,28,34)(H,29,33)/t15-,19+/m1/s1. The Morgan fingerprint density at radius 3 is 2.73 bits per heavy atom. The molecule has 194 valence electrons. The molecular weight excluding hydrogens is 514 g/mol. The van der Waals surface area contributed by atoms with E-state index in [-0.39, 0.29) is 35.3 Å². The number of rotatable bonds is 7. The Balaban J connectivity index is 1.29. The highest BCUT2D eigenvalue weighted by Gasteiger charge is 2.42. The van der Waals surface area contributed by atoms with E-state index in [1.54, 1.807) is 24.3 Å². The number of benzene rings is 1. The highest BCUT2D eigenvalue weighted by Crippen LogP contribution is 2.34. The molecule has 2 aliphatic heterocycles. The van der Waals surface area contributed by atoms with E-state index in [0.717, 1.165) is 29.8 Å². The van der Waals surface area contributed by atoms with Crippen molar-refractivity contribution in [1.29, 1.82) is 0 Å². The van der Waals surface area contributed by atoms with Crippen LogP contribution in [0.25, 0.3) is 5.57 Å². The molecule has 2 N–H and O–H groups in total. The van der Waals surface area contributed by atoms with Gasteiger partial charge in [0.15, 0.2) is 5.15 Å². The number of allylic oxidation sites excluding steroid dienone is 2. The minimum Gasteiger partial charge on any atom is -0.350 e. The van der Waals surface area contributed by atoms with E-state index >= 15 is 0 Å². The van der Waals surface area contributed by atoms with Crippen LogP contribution in [0, 0.1) is 5.92 Å². The molecule has 1 aromatic heterocycles. The van der Waals surface area contributed by atoms with Gasteiger partial charge in [-0.05, 0) is 49.3 Å². The minimum atomic E-state index is -0.987. The molecule has 4 amide bonds. The van der Waals surface area contributed by atoms with E-state index in [4.69, 9.17) is 11.6 Å². The molecule has 1 aromatic carbocycles. The van der Waals surface area contributed by atoms with Gasteiger partial charge in [-0.1, -0.05) is 42.8 Å². The van der Waals surface area contributed by atoms with Gasteiger partial charge in [0.2, 0.25) is 5.91 Å². The number of aromatic nitrogens is 1. The molecule has 1 saturated heterocycles. The topological polar surface area (TPSA) is 112 Å². The Morgan fingerprint density at radius 2 is 1.97 bits per heavy atom. The predicted octanol–water partition coefficient (Wildman–Crippen LogP) is 3.58. The largest absolute Gasteiger partial charge is 0.350 e. The molecule has 2 atom stereocenters. The fourth-order valence-electron chi connectivity index (χ4n) is 4.98. The van der Waals surface area contributed by atoms with Crippen LogP contribution in [0.2, 0.25) is 5.15 Å². The number of thiazole rings is 1. The fourth-order valence-corrected chi connectivity index (χ4v) is 6.26. The Labute approximate surface area is 223 Å². The third kappa shape index (κ3) is 4.87. The van der Waals surface area contributed by atoms with Gasteiger partial charge < -0.3 is 10.6 Å². The first kappa shape index (κ1) is 25.4. The molecule has 1 aliphatic carbocycles. The molecule has 3 aliphatic rings. The number of hydrogen-bond acceptors (Lipinski definition) is 6. The number of nitrogens with zero attached hydrogens (tertiary/aromatic N) is 3. The van der Waals surface area contributed by atoms with Crippen LogP contribution in [-0.4, -0.2) is 58.3 Å². The van der Waals surface area contributed by atoms with Gasteiger partial charge in [-0.3, -0.25) is 19.2 Å². The number of hydrazine groups is 1. The number of amides is 4. The maximum Gasteiger partial charge on any atom is 0.272 e. The first-order valence-corrected chi connectivity index (χ1v) is 13.7. The number of fused-ring (bicyclic) bond motifs is 2. The summed E-state index contributed by atoms with van der Waals surface area (Å²) in [5.41, 5.74) is 1.99. The van der Waals surface area contributed by atoms with Gasteiger partial charge >= 0.3 is 0 Å². The van der Waals surface area contributed by atoms with Gasteiger partial charge in [0.05, 0.1) is 5.92 Å². The smallest absolute Gasteiger partial charge is 0.272 e. The molecule has 0 unspecified atom stereocenters. The zero-order valence-electron chi connectivity index (χ0n) is 20.5. The molecule has 11 heteroatoms. The molecule has 0 saturated carbocycles. The second kappa shape index (κ2) is 10.6. The highest BCUT2D eigenvalue weighted by molar-refractivity contribution is 7.15. The lowest BCUT2D eigenvalue weighted by Gasteiger charge is -2.28. The van der Waals surface area contributed by atoms with E-state index < -0.39 is 12.0 Å². The van der Waals surface area contributed by atoms with Gasteiger partial charge in [0.25, 0.3) is 17.7 Å². The molecule has 9 nitrogen and oxygen atoms in total. The quantitative estimate of drug-likeness (QED) is 0.556. The van der Waals surface area contributed by atoms with Gasteiger partial charge in [-0.25, -0.2) is 15.0 Å². The third-order valence-corrected chi connectivity index (χ3v) is 8.55. The average Bonchev–Trinajstić information content (AvgIpc) is 3.66. The lowest BCUT2D eigenvalue weighted by atomic mass is 9.97. The van der Waals surface area contributed by atoms with Crippen LogP contribution in [0.1, 0.15) is 75.7 Å². The van der Waals surface area contributed by atoms with Crippen molar-refractivity contribution in [3.05, 3.63) is 56.5 Å². The van der Waals surface area contributed by atoms with E-state index in [9.17, 15) is 19.2 Å². The third-order valence-electron chi connectivity index (χ3n) is 7.04. The zero-order chi connectivity index (χ0) is 26.1. The Bertz CT molecular complexity index is 1290. The molecule has 0 spiro atoms. The number of nitrogens with one attached hydrogen (secondary N) is 2. The van der Waals surface area contributed by atoms with Crippen LogP contribution in [-0.2, 0) is 9.59 Å². The fraction of sp³-hybridized carbons (Fsp3) is 0.423. The molecule has 1 fully saturated rings. The van der Waals surface area contributed by atoms with Crippen molar-refractivity contribution < 1.29 is 19.2 Å². The molecule has 0 bridgehead atoms. The highest BCUT2D eigenvalue weighted by atomic mass is 35.5. The monoisotopic (exact) mass is 541 g/mol. The number of hydrogen-bond donors (Lipinski definition) is 2. The molecular formula is C26H28ClN5O4S. The summed E-state index contributed by atoms with van der Waals surface area (Å²) in [7, 11) is 0. The first-order valence-electron chi connectivity index (χ1n) is 12.6. The summed E-state index contributed by atoms with van der Waals surface area (Å²) in [6.45, 7) is 2.80. The van der Waals surface area contributed by atoms with Crippen LogP contribution in [0.5, 0.6) is 0 Å². The number of halogens is 1. The van der Waals surface area contributed by atoms with Gasteiger partial charge in [-0.2, -0.15) is 0 Å². The van der Waals surface area contributed by atoms with Crippen LogP contribution < -0.4 is 10.6 Å². The summed E-state index contributed by atoms with van der Waals surface area (Å²) in [4.78, 5) is 57.3. The maximum atomic E-state index is 13.4. The van der Waals surface area contributed by atoms with E-state index in [0.29, 0.717) is 41.9 Å². The van der Waals surface area contributed by atoms with Crippen LogP contribution >= 0.6 is 22.9 Å². The van der Waals surface area contributed by atoms with Gasteiger partial charge in [0.1, 0.15) is 15.9 Å². The van der Waals surface area contributed by atoms with Crippen molar-refractivity contribution in [1.82, 2.24) is 25.6 Å². The number of carbonyl (C=O) groups excluding carboxylic acids is 4. The predicted molar refractivity (Wildman–Crippen MR) is 140 cm³/mol. The molecule has 0 radical (unpaired) electrons. The average molecular weight is 542 g/mol. The molecule has 2 aromatic rings. The SMILES string of the molecule is CC[C@H](CNC(=O)c1sc(C2=CCCC2)nc1Cl)C(=O)N[C@@H]1C(=O)N2CCCN2C(=O)c2ccccc21. The summed E-state index contributed by atoms with van der Waals surface area (Å²) < 4.78 is 0. The summed E-state index contributed by atoms with van der Waals surface area (Å²) in [5.74, 6) is -1.92. The molecule has 37 heavy (non-hydrogen) atoms. The van der Waals surface area contributed by atoms with Crippen molar-refractivity contribution >= 4 is 52.1 Å². The van der Waals surface area contributed by atoms with E-state index in [1.807, 2.05) is 6.92 Å². The van der Waals surface area contributed by atoms with Crippen LogP contribution in [0.3, 0.4) is 0 Å². The van der Waals surface area contributed by atoms with Crippen LogP contribution in [0.15, 0.2) is 30.3 Å². The van der Waals surface area contributed by atoms with Crippen LogP contribution in [0.4, 0.5) is 0 Å².